The number of hydrogen-bond donors (Lipinski definition) is 1. The van der Waals surface area contributed by atoms with Crippen molar-refractivity contribution >= 4 is 16.1 Å². The molecule has 0 amide bonds. The van der Waals surface area contributed by atoms with Gasteiger partial charge in [-0.3, -0.25) is 0 Å². The van der Waals surface area contributed by atoms with Gasteiger partial charge in [0.2, 0.25) is 10.0 Å². The molecule has 0 aromatic heterocycles. The maximum absolute atomic E-state index is 12.5. The topological polar surface area (TPSA) is 57.6 Å². The minimum atomic E-state index is -3.44. The first-order chi connectivity index (χ1) is 9.09. The Kier molecular flexibility index (Phi) is 4.39. The molecule has 1 N–H and O–H groups in total. The van der Waals surface area contributed by atoms with Crippen LogP contribution in [-0.2, 0) is 16.4 Å². The van der Waals surface area contributed by atoms with Gasteiger partial charge >= 0.3 is 0 Å². The lowest BCUT2D eigenvalue weighted by Crippen LogP contribution is -2.34. The maximum atomic E-state index is 12.5. The molecule has 0 atom stereocenters. The summed E-state index contributed by atoms with van der Waals surface area (Å²) in [7, 11) is -3.44. The summed E-state index contributed by atoms with van der Waals surface area (Å²) in [4.78, 5) is 0.446. The molecule has 0 saturated heterocycles. The van der Waals surface area contributed by atoms with E-state index in [9.17, 15) is 8.42 Å². The molecule has 0 bridgehead atoms. The van der Waals surface area contributed by atoms with Gasteiger partial charge in [0.25, 0.3) is 0 Å². The summed E-state index contributed by atoms with van der Waals surface area (Å²) in [6, 6.07) is 7.85. The lowest BCUT2D eigenvalue weighted by atomic mass is 9.98. The van der Waals surface area contributed by atoms with Gasteiger partial charge in [0.1, 0.15) is 0 Å². The van der Waals surface area contributed by atoms with E-state index in [0.717, 1.165) is 12.0 Å². The molecule has 5 heteroatoms. The molecule has 0 unspecified atom stereocenters. The highest BCUT2D eigenvalue weighted by molar-refractivity contribution is 7.93. The molecule has 104 valence electrons. The van der Waals surface area contributed by atoms with Crippen LogP contribution in [0.25, 0.3) is 6.08 Å². The second kappa shape index (κ2) is 5.86. The van der Waals surface area contributed by atoms with E-state index < -0.39 is 10.0 Å². The molecule has 0 fully saturated rings. The van der Waals surface area contributed by atoms with E-state index in [-0.39, 0.29) is 13.2 Å². The normalized spacial score (nSPS) is 15.2. The zero-order valence-electron chi connectivity index (χ0n) is 11.0. The van der Waals surface area contributed by atoms with Gasteiger partial charge in [-0.2, -0.15) is 4.31 Å². The number of allylic oxidation sites excluding steroid dienone is 1. The number of rotatable bonds is 5. The third-order valence-corrected chi connectivity index (χ3v) is 5.49. The van der Waals surface area contributed by atoms with Crippen LogP contribution in [0.2, 0.25) is 0 Å². The third kappa shape index (κ3) is 2.88. The van der Waals surface area contributed by atoms with Gasteiger partial charge in [0, 0.05) is 13.1 Å². The summed E-state index contributed by atoms with van der Waals surface area (Å²) in [6.45, 7) is 2.15. The van der Waals surface area contributed by atoms with Gasteiger partial charge in [-0.15, -0.1) is 0 Å². The predicted octanol–water partition coefficient (Wildman–Crippen LogP) is 1.62. The lowest BCUT2D eigenvalue weighted by molar-refractivity contribution is 0.257. The number of aryl methyl sites for hydroxylation is 1. The van der Waals surface area contributed by atoms with Gasteiger partial charge in [0.15, 0.2) is 0 Å². The minimum Gasteiger partial charge on any atom is -0.395 e. The maximum Gasteiger partial charge on any atom is 0.239 e. The molecular weight excluding hydrogens is 262 g/mol. The number of nitrogens with zero attached hydrogens (tertiary/aromatic N) is 1. The summed E-state index contributed by atoms with van der Waals surface area (Å²) in [5, 5.41) is 8.96. The van der Waals surface area contributed by atoms with Crippen LogP contribution in [0.5, 0.6) is 0 Å². The van der Waals surface area contributed by atoms with Gasteiger partial charge in [0.05, 0.1) is 11.5 Å². The second-order valence-corrected chi connectivity index (χ2v) is 6.52. The van der Waals surface area contributed by atoms with Crippen molar-refractivity contribution in [2.24, 2.45) is 0 Å². The Labute approximate surface area is 114 Å². The number of fused-ring (bicyclic) bond motifs is 1. The molecule has 0 radical (unpaired) electrons. The molecule has 1 aliphatic carbocycles. The number of hydrogen-bond acceptors (Lipinski definition) is 3. The first-order valence-electron chi connectivity index (χ1n) is 6.49. The lowest BCUT2D eigenvalue weighted by Gasteiger charge is -2.23. The fourth-order valence-corrected chi connectivity index (χ4v) is 3.96. The summed E-state index contributed by atoms with van der Waals surface area (Å²) in [5.74, 6) is 0. The fraction of sp³-hybridized carbons (Fsp3) is 0.429. The Morgan fingerprint density at radius 1 is 1.26 bits per heavy atom. The molecule has 2 rings (SSSR count). The molecule has 0 saturated carbocycles. The van der Waals surface area contributed by atoms with Crippen LogP contribution in [0, 0.1) is 0 Å². The Morgan fingerprint density at radius 3 is 2.68 bits per heavy atom. The molecule has 0 spiro atoms. The molecule has 0 aliphatic heterocycles. The van der Waals surface area contributed by atoms with Crippen molar-refractivity contribution in [3.8, 4) is 0 Å². The minimum absolute atomic E-state index is 0.151. The van der Waals surface area contributed by atoms with Crippen LogP contribution >= 0.6 is 0 Å². The van der Waals surface area contributed by atoms with Crippen LogP contribution in [0.4, 0.5) is 0 Å². The smallest absolute Gasteiger partial charge is 0.239 e. The number of sulfonamides is 1. The van der Waals surface area contributed by atoms with Crippen molar-refractivity contribution in [3.05, 3.63) is 40.3 Å². The van der Waals surface area contributed by atoms with Crippen molar-refractivity contribution in [2.45, 2.75) is 19.8 Å². The predicted molar refractivity (Wildman–Crippen MR) is 76.0 cm³/mol. The van der Waals surface area contributed by atoms with Crippen molar-refractivity contribution in [1.29, 1.82) is 0 Å². The quantitative estimate of drug-likeness (QED) is 0.892. The summed E-state index contributed by atoms with van der Waals surface area (Å²) < 4.78 is 26.3. The molecule has 1 aromatic rings. The van der Waals surface area contributed by atoms with E-state index in [1.165, 1.54) is 9.87 Å². The number of aliphatic hydroxyl groups excluding tert-OH is 1. The first kappa shape index (κ1) is 14.2. The van der Waals surface area contributed by atoms with Gasteiger partial charge in [-0.25, -0.2) is 8.42 Å². The Morgan fingerprint density at radius 2 is 2.00 bits per heavy atom. The third-order valence-electron chi connectivity index (χ3n) is 3.39. The highest BCUT2D eigenvalue weighted by Gasteiger charge is 2.27. The zero-order chi connectivity index (χ0) is 13.9. The molecule has 0 heterocycles. The molecule has 4 nitrogen and oxygen atoms in total. The van der Waals surface area contributed by atoms with Crippen LogP contribution in [0.15, 0.2) is 29.2 Å². The SMILES string of the molecule is CCN(CCO)S(=O)(=O)C1=Cc2ccccc2CC1. The van der Waals surface area contributed by atoms with Crippen LogP contribution in [-0.4, -0.2) is 37.5 Å². The average Bonchev–Trinajstić information content (AvgIpc) is 2.44. The summed E-state index contributed by atoms with van der Waals surface area (Å²) >= 11 is 0. The average molecular weight is 281 g/mol. The van der Waals surface area contributed by atoms with E-state index >= 15 is 0 Å². The van der Waals surface area contributed by atoms with Crippen LogP contribution < -0.4 is 0 Å². The Balaban J connectivity index is 2.35. The van der Waals surface area contributed by atoms with Gasteiger partial charge in [-0.05, 0) is 30.0 Å². The highest BCUT2D eigenvalue weighted by atomic mass is 32.2. The Bertz CT molecular complexity index is 578. The standard InChI is InChI=1S/C14H19NO3S/c1-2-15(9-10-16)19(17,18)14-8-7-12-5-3-4-6-13(12)11-14/h3-6,11,16H,2,7-10H2,1H3. The largest absolute Gasteiger partial charge is 0.395 e. The van der Waals surface area contributed by atoms with Crippen LogP contribution in [0.1, 0.15) is 24.5 Å². The van der Waals surface area contributed by atoms with E-state index in [1.54, 1.807) is 13.0 Å². The monoisotopic (exact) mass is 281 g/mol. The number of benzene rings is 1. The summed E-state index contributed by atoms with van der Waals surface area (Å²) in [5.41, 5.74) is 2.17. The second-order valence-electron chi connectivity index (χ2n) is 4.53. The van der Waals surface area contributed by atoms with Crippen molar-refractivity contribution < 1.29 is 13.5 Å². The van der Waals surface area contributed by atoms with E-state index in [4.69, 9.17) is 5.11 Å². The van der Waals surface area contributed by atoms with Crippen molar-refractivity contribution in [2.75, 3.05) is 19.7 Å². The van der Waals surface area contributed by atoms with E-state index in [1.807, 2.05) is 24.3 Å². The highest BCUT2D eigenvalue weighted by Crippen LogP contribution is 2.28. The Hall–Kier alpha value is -1.17. The number of likely N-dealkylation sites (N-methyl/N-ethyl adjacent to an activating group) is 1. The van der Waals surface area contributed by atoms with Gasteiger partial charge in [-0.1, -0.05) is 31.2 Å². The van der Waals surface area contributed by atoms with Gasteiger partial charge < -0.3 is 5.11 Å². The molecule has 1 aromatic carbocycles. The summed E-state index contributed by atoms with van der Waals surface area (Å²) in [6.07, 6.45) is 3.04. The molecular formula is C14H19NO3S. The van der Waals surface area contributed by atoms with E-state index in [2.05, 4.69) is 0 Å². The van der Waals surface area contributed by atoms with E-state index in [0.29, 0.717) is 17.9 Å². The number of aliphatic hydroxyl groups is 1. The first-order valence-corrected chi connectivity index (χ1v) is 7.93. The zero-order valence-corrected chi connectivity index (χ0v) is 11.9. The van der Waals surface area contributed by atoms with Crippen molar-refractivity contribution in [3.63, 3.8) is 0 Å². The van der Waals surface area contributed by atoms with Crippen LogP contribution in [0.3, 0.4) is 0 Å². The molecule has 1 aliphatic rings. The molecule has 19 heavy (non-hydrogen) atoms. The fourth-order valence-electron chi connectivity index (χ4n) is 2.34. The van der Waals surface area contributed by atoms with Crippen molar-refractivity contribution in [1.82, 2.24) is 4.31 Å².